The number of hydrogen-bond acceptors (Lipinski definition) is 22. The maximum Gasteiger partial charge on any atom is 0.404 e. The number of aliphatic imine (C=N–C) groups is 1. The number of carbonyl (C=O) groups is 10. The first-order chi connectivity index (χ1) is 40.8. The second kappa shape index (κ2) is 29.8. The number of rotatable bonds is 31. The SMILES string of the molecule is CO[C@@]12[C@H](COC(N)=O)C3=C(C(=O)C(C)=C(CCCSSC[C@H](NC(=O)[C@H](CCCN=C(N)N)NC(=O)CC[C@H](NC(=O)c4ccc(NCc5cnc6nc(N)[nH]c(=O)c6n5)cc4)C(=O)O)C(=O)N[C@@H](C)C(=O)NCC(=O)O)C3=O)N1C[C@H](C)[C@@H]2C. The van der Waals surface area contributed by atoms with E-state index >= 15 is 0 Å². The third-order valence-electron chi connectivity index (χ3n) is 14.8. The van der Waals surface area contributed by atoms with Gasteiger partial charge >= 0.3 is 18.0 Å². The average Bonchev–Trinajstić information content (AvgIpc) is 1.54. The fourth-order valence-corrected chi connectivity index (χ4v) is 12.5. The van der Waals surface area contributed by atoms with Crippen molar-refractivity contribution in [3.05, 3.63) is 74.5 Å². The number of anilines is 2. The van der Waals surface area contributed by atoms with Crippen LogP contribution in [0.5, 0.6) is 0 Å². The number of nitrogen functional groups attached to an aromatic ring is 1. The fourth-order valence-electron chi connectivity index (χ4n) is 10.2. The fraction of sp³-hybridized carbons (Fsp3) is 0.491. The van der Waals surface area contributed by atoms with Gasteiger partial charge in [0.15, 0.2) is 28.6 Å². The minimum Gasteiger partial charge on any atom is -0.480 e. The molecule has 1 saturated heterocycles. The Balaban J connectivity index is 1.07. The van der Waals surface area contributed by atoms with Gasteiger partial charge in [0.2, 0.25) is 35.4 Å². The van der Waals surface area contributed by atoms with E-state index in [9.17, 15) is 57.8 Å². The van der Waals surface area contributed by atoms with Gasteiger partial charge in [-0.25, -0.2) is 19.6 Å². The molecule has 1 fully saturated rings. The van der Waals surface area contributed by atoms with Crippen molar-refractivity contribution in [2.75, 3.05) is 55.9 Å². The zero-order chi connectivity index (χ0) is 63.2. The lowest BCUT2D eigenvalue weighted by molar-refractivity contribution is -0.153. The maximum atomic E-state index is 14.4. The molecule has 2 aromatic heterocycles. The summed E-state index contributed by atoms with van der Waals surface area (Å²) in [5, 5.41) is 34.4. The molecule has 0 radical (unpaired) electrons. The molecule has 3 aliphatic rings. The number of allylic oxidation sites excluding steroid dienone is 2. The van der Waals surface area contributed by atoms with Crippen molar-refractivity contribution < 1.29 is 67.6 Å². The van der Waals surface area contributed by atoms with E-state index in [0.29, 0.717) is 30.1 Å². The molecule has 464 valence electrons. The highest BCUT2D eigenvalue weighted by Crippen LogP contribution is 2.56. The molecule has 4 heterocycles. The Morgan fingerprint density at radius 3 is 2.27 bits per heavy atom. The van der Waals surface area contributed by atoms with E-state index in [1.807, 2.05) is 18.7 Å². The molecule has 0 spiro atoms. The number of Topliss-reactive ketones (excluding diaryl/α,β-unsaturated/α-hetero) is 2. The third-order valence-corrected chi connectivity index (χ3v) is 17.3. The van der Waals surface area contributed by atoms with Gasteiger partial charge < -0.3 is 79.4 Å². The highest BCUT2D eigenvalue weighted by Gasteiger charge is 2.65. The summed E-state index contributed by atoms with van der Waals surface area (Å²) in [7, 11) is 3.89. The van der Waals surface area contributed by atoms with Crippen molar-refractivity contribution in [2.24, 2.45) is 39.9 Å². The molecule has 17 N–H and O–H groups in total. The summed E-state index contributed by atoms with van der Waals surface area (Å²) < 4.78 is 11.4. The number of aliphatic carboxylic acids is 2. The number of hydrogen-bond donors (Lipinski definition) is 13. The number of primary amides is 1. The molecule has 1 aromatic carbocycles. The predicted octanol–water partition coefficient (Wildman–Crippen LogP) is -0.861. The zero-order valence-corrected chi connectivity index (χ0v) is 49.3. The normalized spacial score (nSPS) is 19.3. The predicted molar refractivity (Wildman–Crippen MR) is 314 cm³/mol. The maximum absolute atomic E-state index is 14.4. The van der Waals surface area contributed by atoms with Crippen LogP contribution in [-0.2, 0) is 54.4 Å². The summed E-state index contributed by atoms with van der Waals surface area (Å²) in [4.78, 5) is 164. The molecule has 0 bridgehead atoms. The zero-order valence-electron chi connectivity index (χ0n) is 47.7. The molecule has 86 heavy (non-hydrogen) atoms. The average molecular weight is 1240 g/mol. The highest BCUT2D eigenvalue weighted by molar-refractivity contribution is 8.76. The largest absolute Gasteiger partial charge is 0.480 e. The molecular weight excluding hydrogens is 1160 g/mol. The summed E-state index contributed by atoms with van der Waals surface area (Å²) in [6.07, 6.45) is -0.0125. The number of H-pyrrole nitrogens is 1. The Hall–Kier alpha value is -8.85. The lowest BCUT2D eigenvalue weighted by Gasteiger charge is -2.41. The van der Waals surface area contributed by atoms with Crippen LogP contribution in [0.4, 0.5) is 16.4 Å². The van der Waals surface area contributed by atoms with Crippen molar-refractivity contribution in [1.29, 1.82) is 0 Å². The number of aromatic amines is 1. The van der Waals surface area contributed by atoms with Crippen LogP contribution in [0.15, 0.2) is 62.7 Å². The van der Waals surface area contributed by atoms with Gasteiger partial charge in [0.25, 0.3) is 11.5 Å². The van der Waals surface area contributed by atoms with E-state index in [1.165, 1.54) is 43.2 Å². The van der Waals surface area contributed by atoms with E-state index in [1.54, 1.807) is 19.1 Å². The number of carbonyl (C=O) groups excluding carboxylic acids is 8. The molecule has 6 amide bonds. The number of ether oxygens (including phenoxy) is 2. The van der Waals surface area contributed by atoms with Gasteiger partial charge in [-0.2, -0.15) is 4.98 Å². The summed E-state index contributed by atoms with van der Waals surface area (Å²) >= 11 is 0. The Kier molecular flexibility index (Phi) is 23.0. The van der Waals surface area contributed by atoms with Crippen molar-refractivity contribution >= 4 is 109 Å². The number of fused-ring (bicyclic) bond motifs is 3. The van der Waals surface area contributed by atoms with Gasteiger partial charge in [-0.3, -0.25) is 53.1 Å². The Morgan fingerprint density at radius 2 is 1.60 bits per heavy atom. The molecule has 31 nitrogen and oxygen atoms in total. The molecule has 2 aliphatic heterocycles. The van der Waals surface area contributed by atoms with Crippen LogP contribution in [0, 0.1) is 17.8 Å². The van der Waals surface area contributed by atoms with E-state index in [4.69, 9.17) is 37.5 Å². The summed E-state index contributed by atoms with van der Waals surface area (Å²) in [6.45, 7) is 6.38. The molecule has 8 atom stereocenters. The van der Waals surface area contributed by atoms with Crippen molar-refractivity contribution in [1.82, 2.24) is 51.4 Å². The van der Waals surface area contributed by atoms with Crippen LogP contribution in [0.1, 0.15) is 82.3 Å². The highest BCUT2D eigenvalue weighted by atomic mass is 33.1. The number of guanidine groups is 1. The molecule has 1 aliphatic carbocycles. The number of benzene rings is 1. The molecule has 3 aromatic rings. The van der Waals surface area contributed by atoms with Crippen LogP contribution in [0.2, 0.25) is 0 Å². The van der Waals surface area contributed by atoms with E-state index in [2.05, 4.69) is 56.8 Å². The van der Waals surface area contributed by atoms with Crippen molar-refractivity contribution in [2.45, 2.75) is 103 Å². The number of carboxylic acids is 2. The number of methoxy groups -OCH3 is 1. The number of carboxylic acid groups (broad SMARTS) is 2. The van der Waals surface area contributed by atoms with Crippen LogP contribution < -0.4 is 60.4 Å². The minimum absolute atomic E-state index is 0.0115. The van der Waals surface area contributed by atoms with Gasteiger partial charge in [-0.15, -0.1) is 0 Å². The molecule has 6 rings (SSSR count). The summed E-state index contributed by atoms with van der Waals surface area (Å²) in [6, 6.07) is 0.324. The van der Waals surface area contributed by atoms with Crippen LogP contribution in [0.25, 0.3) is 11.2 Å². The number of nitrogens with zero attached hydrogens (tertiary/aromatic N) is 5. The van der Waals surface area contributed by atoms with Gasteiger partial charge in [0.05, 0.1) is 30.1 Å². The van der Waals surface area contributed by atoms with E-state index in [-0.39, 0.29) is 119 Å². The topological polar surface area (TPSA) is 493 Å². The van der Waals surface area contributed by atoms with Gasteiger partial charge in [-0.1, -0.05) is 35.4 Å². The molecule has 0 unspecified atom stereocenters. The third kappa shape index (κ3) is 16.3. The van der Waals surface area contributed by atoms with E-state index < -0.39 is 108 Å². The summed E-state index contributed by atoms with van der Waals surface area (Å²) in [5.41, 5.74) is 22.2. The van der Waals surface area contributed by atoms with Gasteiger partial charge in [0, 0.05) is 72.0 Å². The number of nitrogens with one attached hydrogen (secondary N) is 7. The second-order valence-electron chi connectivity index (χ2n) is 20.5. The lowest BCUT2D eigenvalue weighted by Crippen LogP contribution is -2.57. The quantitative estimate of drug-likeness (QED) is 0.0123. The van der Waals surface area contributed by atoms with Crippen molar-refractivity contribution in [3.63, 3.8) is 0 Å². The summed E-state index contributed by atoms with van der Waals surface area (Å²) in [5.74, 6) is -8.74. The Labute approximate surface area is 499 Å². The smallest absolute Gasteiger partial charge is 0.404 e. The Bertz CT molecular complexity index is 3280. The monoisotopic (exact) mass is 1230 g/mol. The molecular formula is C53H70N16O15S2. The number of ketones is 2. The first kappa shape index (κ1) is 66.3. The number of amides is 6. The van der Waals surface area contributed by atoms with Gasteiger partial charge in [-0.05, 0) is 76.1 Å². The van der Waals surface area contributed by atoms with E-state index in [0.717, 1.165) is 10.8 Å². The minimum atomic E-state index is -1.57. The first-order valence-electron chi connectivity index (χ1n) is 27.1. The molecule has 0 saturated carbocycles. The second-order valence-corrected chi connectivity index (χ2v) is 23.2. The standard InChI is InChI=1S/C53H70N16O15S2/c1-24-21-69-40-38(32(22-84-52(57)82)53(69,83-5)26(24)3)42(74)31(25(2)41(40)73)8-7-17-85-86-23-35(47(78)62-27(4)44(75)61-20-37(71)72)66-46(77)33(9-6-16-58-50(54)55)64-36(70)15-14-34(49(80)81)65-45(76)28-10-12-29(13-11-28)59-18-30-19-60-43-39(63-30)48(79)68-51(56)67-43/h10-13,19,24,26-27,32-35,59H,6-9,14-18,20-23H2,1-5H3,(H2,57,82)(H,61,75)(H,62,78)(H,64,70)(H,65,76)(H,66,77)(H,71,72)(H,80,81)(H4,54,55,58)(H3,56,60,67,68,79)/t24-,26-,27-,32+,33-,34-,35-,53-/m0/s1. The van der Waals surface area contributed by atoms with Gasteiger partial charge in [0.1, 0.15) is 37.3 Å². The lowest BCUT2D eigenvalue weighted by atomic mass is 9.76. The Morgan fingerprint density at radius 1 is 0.895 bits per heavy atom. The number of nitrogens with two attached hydrogens (primary N) is 4. The van der Waals surface area contributed by atoms with Crippen LogP contribution in [-0.4, -0.2) is 175 Å². The first-order valence-corrected chi connectivity index (χ1v) is 29.6. The van der Waals surface area contributed by atoms with Crippen LogP contribution >= 0.6 is 21.6 Å². The van der Waals surface area contributed by atoms with Crippen molar-refractivity contribution in [3.8, 4) is 0 Å². The van der Waals surface area contributed by atoms with Crippen LogP contribution in [0.3, 0.4) is 0 Å². The number of aromatic nitrogens is 4. The molecule has 33 heteroatoms.